The molecule has 1 heterocycles. The van der Waals surface area contributed by atoms with Gasteiger partial charge in [0.25, 0.3) is 0 Å². The second-order valence-electron chi connectivity index (χ2n) is 7.34. The molecule has 6 nitrogen and oxygen atoms in total. The van der Waals surface area contributed by atoms with Crippen molar-refractivity contribution >= 4 is 0 Å². The van der Waals surface area contributed by atoms with Crippen molar-refractivity contribution in [2.75, 3.05) is 7.11 Å². The van der Waals surface area contributed by atoms with Gasteiger partial charge in [0.1, 0.15) is 11.6 Å². The molecule has 28 heavy (non-hydrogen) atoms. The number of ether oxygens (including phenoxy) is 1. The summed E-state index contributed by atoms with van der Waals surface area (Å²) in [5.74, 6) is 1.45. The second-order valence-corrected chi connectivity index (χ2v) is 7.34. The fraction of sp³-hybridized carbons (Fsp3) is 0.381. The number of rotatable bonds is 6. The lowest BCUT2D eigenvalue weighted by Crippen LogP contribution is -2.29. The Morgan fingerprint density at radius 3 is 2.71 bits per heavy atom. The van der Waals surface area contributed by atoms with E-state index in [1.165, 1.54) is 17.7 Å². The topological polar surface area (TPSA) is 75.7 Å². The smallest absolute Gasteiger partial charge is 0.204 e. The molecule has 1 aliphatic carbocycles. The molecule has 0 bridgehead atoms. The molecule has 1 unspecified atom stereocenters. The van der Waals surface area contributed by atoms with E-state index in [4.69, 9.17) is 4.74 Å². The zero-order chi connectivity index (χ0) is 19.5. The van der Waals surface area contributed by atoms with Crippen molar-refractivity contribution in [1.82, 2.24) is 25.9 Å². The molecule has 2 N–H and O–H groups in total. The average molecular weight is 381 g/mol. The lowest BCUT2D eigenvalue weighted by molar-refractivity contribution is 0.389. The zero-order valence-corrected chi connectivity index (χ0v) is 16.0. The van der Waals surface area contributed by atoms with Crippen molar-refractivity contribution in [3.8, 4) is 17.1 Å². The van der Waals surface area contributed by atoms with Crippen molar-refractivity contribution in [3.63, 3.8) is 0 Å². The Morgan fingerprint density at radius 1 is 1.18 bits per heavy atom. The van der Waals surface area contributed by atoms with Crippen molar-refractivity contribution < 1.29 is 9.13 Å². The molecule has 0 spiro atoms. The highest BCUT2D eigenvalue weighted by atomic mass is 19.1. The molecule has 3 aromatic rings. The van der Waals surface area contributed by atoms with Crippen LogP contribution in [0.5, 0.6) is 5.75 Å². The molecular weight excluding hydrogens is 357 g/mol. The maximum Gasteiger partial charge on any atom is 0.204 e. The Morgan fingerprint density at radius 2 is 2.00 bits per heavy atom. The lowest BCUT2D eigenvalue weighted by Gasteiger charge is -2.22. The molecule has 0 amide bonds. The third-order valence-electron chi connectivity index (χ3n) is 5.57. The quantitative estimate of drug-likeness (QED) is 0.675. The van der Waals surface area contributed by atoms with E-state index in [1.807, 2.05) is 12.1 Å². The Bertz CT molecular complexity index is 913. The number of aromatic amines is 1. The minimum Gasteiger partial charge on any atom is -0.496 e. The first-order valence-electron chi connectivity index (χ1n) is 9.57. The predicted molar refractivity (Wildman–Crippen MR) is 104 cm³/mol. The summed E-state index contributed by atoms with van der Waals surface area (Å²) in [6.45, 7) is 2.10. The van der Waals surface area contributed by atoms with E-state index in [0.717, 1.165) is 30.4 Å². The Balaban J connectivity index is 1.39. The molecule has 1 fully saturated rings. The zero-order valence-electron chi connectivity index (χ0n) is 16.0. The van der Waals surface area contributed by atoms with Gasteiger partial charge in [-0.3, -0.25) is 0 Å². The molecule has 0 saturated heterocycles. The molecule has 0 aliphatic heterocycles. The first-order chi connectivity index (χ1) is 13.6. The normalized spacial score (nSPS) is 20.2. The van der Waals surface area contributed by atoms with Crippen LogP contribution in [0.25, 0.3) is 11.4 Å². The third kappa shape index (κ3) is 3.89. The maximum absolute atomic E-state index is 13.4. The fourth-order valence-electron chi connectivity index (χ4n) is 4.11. The van der Waals surface area contributed by atoms with Gasteiger partial charge in [-0.25, -0.2) is 4.39 Å². The Hall–Kier alpha value is -2.80. The number of hydrogen-bond donors (Lipinski definition) is 2. The van der Waals surface area contributed by atoms with Crippen molar-refractivity contribution in [2.45, 2.75) is 44.2 Å². The van der Waals surface area contributed by atoms with Crippen molar-refractivity contribution in [2.24, 2.45) is 0 Å². The molecule has 146 valence electrons. The number of tetrazole rings is 1. The number of nitrogens with one attached hydrogen (secondary N) is 2. The monoisotopic (exact) mass is 381 g/mol. The number of aromatic nitrogens is 4. The van der Waals surface area contributed by atoms with E-state index in [9.17, 15) is 4.39 Å². The van der Waals surface area contributed by atoms with Gasteiger partial charge in [-0.05, 0) is 48.9 Å². The van der Waals surface area contributed by atoms with Gasteiger partial charge in [-0.2, -0.15) is 5.21 Å². The highest BCUT2D eigenvalue weighted by molar-refractivity contribution is 5.54. The van der Waals surface area contributed by atoms with Gasteiger partial charge in [0.05, 0.1) is 7.11 Å². The number of halogens is 1. The Kier molecular flexibility index (Phi) is 5.34. The van der Waals surface area contributed by atoms with Crippen LogP contribution in [-0.4, -0.2) is 33.8 Å². The van der Waals surface area contributed by atoms with Crippen LogP contribution in [0.4, 0.5) is 4.39 Å². The van der Waals surface area contributed by atoms with Gasteiger partial charge in [-0.1, -0.05) is 30.3 Å². The maximum atomic E-state index is 13.4. The number of nitrogens with zero attached hydrogens (tertiary/aromatic N) is 3. The molecule has 3 atom stereocenters. The Labute approximate surface area is 163 Å². The molecule has 1 saturated carbocycles. The standard InChI is InChI=1S/C21H24FN5O/c1-13(19-10-8-17(22)12-20(19)28-2)23-18-9-7-16(11-18)14-3-5-15(6-4-14)21-24-26-27-25-21/h3-6,8,10,12-13,16,18,23H,7,9,11H2,1-2H3,(H,24,25,26,27)/t13-,16+,18?/m1/s1. The number of hydrogen-bond acceptors (Lipinski definition) is 5. The van der Waals surface area contributed by atoms with Crippen molar-refractivity contribution in [1.29, 1.82) is 0 Å². The van der Waals surface area contributed by atoms with Crippen LogP contribution >= 0.6 is 0 Å². The van der Waals surface area contributed by atoms with Crippen LogP contribution in [0.2, 0.25) is 0 Å². The van der Waals surface area contributed by atoms with Gasteiger partial charge in [0, 0.05) is 29.3 Å². The van der Waals surface area contributed by atoms with Crippen LogP contribution < -0.4 is 10.1 Å². The number of H-pyrrole nitrogens is 1. The van der Waals surface area contributed by atoms with Crippen LogP contribution in [0.1, 0.15) is 49.3 Å². The minimum atomic E-state index is -0.280. The van der Waals surface area contributed by atoms with Gasteiger partial charge in [0.2, 0.25) is 5.82 Å². The van der Waals surface area contributed by atoms with E-state index in [2.05, 4.69) is 45.0 Å². The molecule has 4 rings (SSSR count). The summed E-state index contributed by atoms with van der Waals surface area (Å²) >= 11 is 0. The number of benzene rings is 2. The summed E-state index contributed by atoms with van der Waals surface area (Å²) in [6.07, 6.45) is 3.34. The van der Waals surface area contributed by atoms with Crippen LogP contribution in [-0.2, 0) is 0 Å². The molecule has 0 radical (unpaired) electrons. The summed E-state index contributed by atoms with van der Waals surface area (Å²) in [5, 5.41) is 17.8. The summed E-state index contributed by atoms with van der Waals surface area (Å²) in [4.78, 5) is 0. The van der Waals surface area contributed by atoms with Gasteiger partial charge >= 0.3 is 0 Å². The SMILES string of the molecule is COc1cc(F)ccc1[C@@H](C)NC1CC[C@H](c2ccc(-c3nn[nH]n3)cc2)C1. The van der Waals surface area contributed by atoms with Crippen LogP contribution in [0.3, 0.4) is 0 Å². The fourth-order valence-corrected chi connectivity index (χ4v) is 4.11. The summed E-state index contributed by atoms with van der Waals surface area (Å²) in [7, 11) is 1.58. The van der Waals surface area contributed by atoms with Gasteiger partial charge < -0.3 is 10.1 Å². The molecule has 7 heteroatoms. The summed E-state index contributed by atoms with van der Waals surface area (Å²) < 4.78 is 18.8. The van der Waals surface area contributed by atoms with Gasteiger partial charge in [-0.15, -0.1) is 10.2 Å². The number of methoxy groups -OCH3 is 1. The van der Waals surface area contributed by atoms with E-state index < -0.39 is 0 Å². The molecular formula is C21H24FN5O. The summed E-state index contributed by atoms with van der Waals surface area (Å²) in [5.41, 5.74) is 3.28. The molecule has 2 aromatic carbocycles. The van der Waals surface area contributed by atoms with Crippen molar-refractivity contribution in [3.05, 3.63) is 59.4 Å². The average Bonchev–Trinajstić information content (AvgIpc) is 3.40. The lowest BCUT2D eigenvalue weighted by atomic mass is 9.96. The van der Waals surface area contributed by atoms with Crippen LogP contribution in [0.15, 0.2) is 42.5 Å². The first kappa shape index (κ1) is 18.6. The van der Waals surface area contributed by atoms with Crippen LogP contribution in [0, 0.1) is 5.82 Å². The highest BCUT2D eigenvalue weighted by Gasteiger charge is 2.27. The van der Waals surface area contributed by atoms with E-state index >= 15 is 0 Å². The third-order valence-corrected chi connectivity index (χ3v) is 5.57. The van der Waals surface area contributed by atoms with E-state index in [0.29, 0.717) is 23.5 Å². The first-order valence-corrected chi connectivity index (χ1v) is 9.57. The molecule has 1 aromatic heterocycles. The van der Waals surface area contributed by atoms with E-state index in [1.54, 1.807) is 13.2 Å². The highest BCUT2D eigenvalue weighted by Crippen LogP contribution is 2.36. The predicted octanol–water partition coefficient (Wildman–Crippen LogP) is 4.00. The largest absolute Gasteiger partial charge is 0.496 e. The minimum absolute atomic E-state index is 0.0971. The second kappa shape index (κ2) is 8.06. The summed E-state index contributed by atoms with van der Waals surface area (Å²) in [6, 6.07) is 13.7. The van der Waals surface area contributed by atoms with E-state index in [-0.39, 0.29) is 11.9 Å². The van der Waals surface area contributed by atoms with Gasteiger partial charge in [0.15, 0.2) is 0 Å². The molecule has 1 aliphatic rings.